The first-order chi connectivity index (χ1) is 9.25. The lowest BCUT2D eigenvalue weighted by Gasteiger charge is -2.08. The minimum Gasteiger partial charge on any atom is -0.368 e. The van der Waals surface area contributed by atoms with Gasteiger partial charge in [-0.2, -0.15) is 0 Å². The number of aliphatic hydroxyl groups is 1. The molecular formula is C17H18NO. The van der Waals surface area contributed by atoms with Crippen molar-refractivity contribution in [2.24, 2.45) is 10.9 Å². The summed E-state index contributed by atoms with van der Waals surface area (Å²) in [5.41, 5.74) is 1.97. The van der Waals surface area contributed by atoms with E-state index in [1.54, 1.807) is 6.21 Å². The Balaban J connectivity index is 1.91. The van der Waals surface area contributed by atoms with Gasteiger partial charge in [-0.3, -0.25) is 4.99 Å². The molecule has 0 fully saturated rings. The van der Waals surface area contributed by atoms with Crippen LogP contribution in [0, 0.1) is 12.3 Å². The smallest absolute Gasteiger partial charge is 0.170 e. The molecule has 2 nitrogen and oxygen atoms in total. The van der Waals surface area contributed by atoms with Crippen molar-refractivity contribution in [2.75, 3.05) is 0 Å². The van der Waals surface area contributed by atoms with Gasteiger partial charge in [0.25, 0.3) is 0 Å². The molecule has 0 aromatic heterocycles. The summed E-state index contributed by atoms with van der Waals surface area (Å²) in [7, 11) is 0. The number of aliphatic imine (C=N–C) groups is 1. The molecule has 0 amide bonds. The largest absolute Gasteiger partial charge is 0.368 e. The molecule has 2 aromatic carbocycles. The Bertz CT molecular complexity index is 507. The van der Waals surface area contributed by atoms with Crippen molar-refractivity contribution in [2.45, 2.75) is 13.2 Å². The quantitative estimate of drug-likeness (QED) is 0.810. The summed E-state index contributed by atoms with van der Waals surface area (Å²) < 4.78 is 0. The highest BCUT2D eigenvalue weighted by Gasteiger charge is 2.05. The molecule has 2 unspecified atom stereocenters. The fraction of sp³-hybridized carbons (Fsp3) is 0.176. The zero-order chi connectivity index (χ0) is 13.5. The zero-order valence-corrected chi connectivity index (χ0v) is 11.0. The van der Waals surface area contributed by atoms with Crippen molar-refractivity contribution in [1.29, 1.82) is 0 Å². The van der Waals surface area contributed by atoms with Gasteiger partial charge in [0.1, 0.15) is 0 Å². The molecule has 0 saturated carbocycles. The third-order valence-electron chi connectivity index (χ3n) is 2.82. The third kappa shape index (κ3) is 4.34. The van der Waals surface area contributed by atoms with Gasteiger partial charge in [0.2, 0.25) is 0 Å². The second kappa shape index (κ2) is 6.86. The van der Waals surface area contributed by atoms with Crippen molar-refractivity contribution in [3.63, 3.8) is 0 Å². The minimum atomic E-state index is -0.784. The lowest BCUT2D eigenvalue weighted by molar-refractivity contribution is 0.189. The van der Waals surface area contributed by atoms with E-state index in [0.717, 1.165) is 11.1 Å². The molecule has 97 valence electrons. The average Bonchev–Trinajstić information content (AvgIpc) is 2.47. The lowest BCUT2D eigenvalue weighted by atomic mass is 10.0. The first kappa shape index (κ1) is 13.5. The Hall–Kier alpha value is -1.93. The highest BCUT2D eigenvalue weighted by molar-refractivity contribution is 5.63. The fourth-order valence-electron chi connectivity index (χ4n) is 1.84. The van der Waals surface area contributed by atoms with Gasteiger partial charge in [0.05, 0.1) is 0 Å². The van der Waals surface area contributed by atoms with E-state index in [4.69, 9.17) is 0 Å². The maximum absolute atomic E-state index is 9.92. The van der Waals surface area contributed by atoms with Gasteiger partial charge in [0.15, 0.2) is 6.23 Å². The van der Waals surface area contributed by atoms with Gasteiger partial charge in [0, 0.05) is 11.8 Å². The standard InChI is InChI=1S/C17H18NO/c1-14(12-15-8-4-2-5-9-15)13-18-17(19)16-10-6-3-7-11-16/h2-14,17,19H,1H3. The number of nitrogens with zero attached hydrogens (tertiary/aromatic N) is 1. The summed E-state index contributed by atoms with van der Waals surface area (Å²) >= 11 is 0. The van der Waals surface area contributed by atoms with Crippen LogP contribution in [0.2, 0.25) is 0 Å². The monoisotopic (exact) mass is 252 g/mol. The van der Waals surface area contributed by atoms with Gasteiger partial charge in [-0.05, 0) is 17.9 Å². The molecule has 2 heteroatoms. The Morgan fingerprint density at radius 2 is 1.53 bits per heavy atom. The summed E-state index contributed by atoms with van der Waals surface area (Å²) in [6, 6.07) is 19.6. The van der Waals surface area contributed by atoms with E-state index in [-0.39, 0.29) is 5.92 Å². The molecule has 2 aromatic rings. The molecule has 1 N–H and O–H groups in total. The molecule has 0 spiro atoms. The van der Waals surface area contributed by atoms with E-state index >= 15 is 0 Å². The summed E-state index contributed by atoms with van der Waals surface area (Å²) in [5, 5.41) is 9.92. The Morgan fingerprint density at radius 1 is 0.947 bits per heavy atom. The molecule has 2 atom stereocenters. The van der Waals surface area contributed by atoms with Gasteiger partial charge < -0.3 is 5.11 Å². The number of benzene rings is 2. The molecule has 2 rings (SSSR count). The van der Waals surface area contributed by atoms with Crippen LogP contribution in [0.4, 0.5) is 0 Å². The van der Waals surface area contributed by atoms with E-state index in [9.17, 15) is 5.11 Å². The maximum Gasteiger partial charge on any atom is 0.170 e. The minimum absolute atomic E-state index is 0.181. The SMILES string of the molecule is CC([CH]c1ccccc1)C=NC(O)c1ccccc1. The van der Waals surface area contributed by atoms with Crippen molar-refractivity contribution in [3.8, 4) is 0 Å². The highest BCUT2D eigenvalue weighted by Crippen LogP contribution is 2.14. The van der Waals surface area contributed by atoms with E-state index < -0.39 is 6.23 Å². The fourth-order valence-corrected chi connectivity index (χ4v) is 1.84. The predicted octanol–water partition coefficient (Wildman–Crippen LogP) is 3.64. The molecule has 0 heterocycles. The topological polar surface area (TPSA) is 32.6 Å². The van der Waals surface area contributed by atoms with E-state index in [0.29, 0.717) is 0 Å². The number of hydrogen-bond acceptors (Lipinski definition) is 2. The zero-order valence-electron chi connectivity index (χ0n) is 11.0. The molecule has 19 heavy (non-hydrogen) atoms. The molecule has 0 saturated heterocycles. The van der Waals surface area contributed by atoms with Crippen LogP contribution < -0.4 is 0 Å². The van der Waals surface area contributed by atoms with Crippen molar-refractivity contribution in [3.05, 3.63) is 78.2 Å². The predicted molar refractivity (Wildman–Crippen MR) is 78.9 cm³/mol. The van der Waals surface area contributed by atoms with Crippen LogP contribution in [-0.4, -0.2) is 11.3 Å². The number of rotatable bonds is 5. The molecule has 0 bridgehead atoms. The number of aliphatic hydroxyl groups excluding tert-OH is 1. The molecular weight excluding hydrogens is 234 g/mol. The third-order valence-corrected chi connectivity index (χ3v) is 2.82. The van der Waals surface area contributed by atoms with Crippen molar-refractivity contribution < 1.29 is 5.11 Å². The van der Waals surface area contributed by atoms with Crippen LogP contribution >= 0.6 is 0 Å². The first-order valence-corrected chi connectivity index (χ1v) is 6.42. The van der Waals surface area contributed by atoms with Gasteiger partial charge >= 0.3 is 0 Å². The Kier molecular flexibility index (Phi) is 4.87. The summed E-state index contributed by atoms with van der Waals surface area (Å²) in [6.45, 7) is 2.05. The van der Waals surface area contributed by atoms with Crippen LogP contribution in [0.1, 0.15) is 24.3 Å². The van der Waals surface area contributed by atoms with E-state index in [2.05, 4.69) is 23.5 Å². The Labute approximate surface area is 114 Å². The molecule has 0 aliphatic heterocycles. The van der Waals surface area contributed by atoms with Crippen molar-refractivity contribution >= 4 is 6.21 Å². The lowest BCUT2D eigenvalue weighted by Crippen LogP contribution is -2.01. The Morgan fingerprint density at radius 3 is 2.16 bits per heavy atom. The normalized spacial score (nSPS) is 14.4. The van der Waals surface area contributed by atoms with Crippen LogP contribution in [0.25, 0.3) is 0 Å². The average molecular weight is 252 g/mol. The van der Waals surface area contributed by atoms with Crippen LogP contribution in [0.15, 0.2) is 65.7 Å². The summed E-state index contributed by atoms with van der Waals surface area (Å²) in [5.74, 6) is 0.181. The second-order valence-corrected chi connectivity index (χ2v) is 4.52. The number of hydrogen-bond donors (Lipinski definition) is 1. The van der Waals surface area contributed by atoms with Gasteiger partial charge in [-0.15, -0.1) is 0 Å². The molecule has 0 aliphatic rings. The maximum atomic E-state index is 9.92. The summed E-state index contributed by atoms with van der Waals surface area (Å²) in [4.78, 5) is 4.19. The first-order valence-electron chi connectivity index (χ1n) is 6.42. The highest BCUT2D eigenvalue weighted by atomic mass is 16.3. The molecule has 0 aliphatic carbocycles. The van der Waals surface area contributed by atoms with Crippen molar-refractivity contribution in [1.82, 2.24) is 0 Å². The molecule has 1 radical (unpaired) electrons. The van der Waals surface area contributed by atoms with Gasteiger partial charge in [-0.1, -0.05) is 67.6 Å². The van der Waals surface area contributed by atoms with E-state index in [1.807, 2.05) is 55.5 Å². The summed E-state index contributed by atoms with van der Waals surface area (Å²) in [6.07, 6.45) is 3.11. The van der Waals surface area contributed by atoms with Crippen LogP contribution in [0.5, 0.6) is 0 Å². The van der Waals surface area contributed by atoms with Crippen LogP contribution in [0.3, 0.4) is 0 Å². The van der Waals surface area contributed by atoms with Crippen LogP contribution in [-0.2, 0) is 0 Å². The van der Waals surface area contributed by atoms with Gasteiger partial charge in [-0.25, -0.2) is 0 Å². The van der Waals surface area contributed by atoms with E-state index in [1.165, 1.54) is 0 Å². The second-order valence-electron chi connectivity index (χ2n) is 4.52.